The van der Waals surface area contributed by atoms with Gasteiger partial charge in [0.1, 0.15) is 0 Å². The van der Waals surface area contributed by atoms with Gasteiger partial charge in [0.15, 0.2) is 0 Å². The summed E-state index contributed by atoms with van der Waals surface area (Å²) < 4.78 is 1.72. The second-order valence-electron chi connectivity index (χ2n) is 1.61. The van der Waals surface area contributed by atoms with Crippen molar-refractivity contribution in [3.05, 3.63) is 30.8 Å². The lowest BCUT2D eigenvalue weighted by Crippen LogP contribution is -1.93. The highest BCUT2D eigenvalue weighted by molar-refractivity contribution is 4.81. The lowest BCUT2D eigenvalue weighted by Gasteiger charge is -1.90. The zero-order valence-electron chi connectivity index (χ0n) is 4.94. The summed E-state index contributed by atoms with van der Waals surface area (Å²) in [5.41, 5.74) is 0. The molecule has 1 rings (SSSR count). The molecule has 1 N–H and O–H groups in total. The van der Waals surface area contributed by atoms with E-state index in [0.717, 1.165) is 6.26 Å². The molecule has 0 aliphatic carbocycles. The van der Waals surface area contributed by atoms with Gasteiger partial charge in [0, 0.05) is 12.4 Å². The second-order valence-corrected chi connectivity index (χ2v) is 1.61. The maximum Gasteiger partial charge on any atom is 0.0770 e. The molecule has 0 aliphatic heterocycles. The molecule has 0 amide bonds. The van der Waals surface area contributed by atoms with Gasteiger partial charge < -0.3 is 5.11 Å². The Bertz CT molecular complexity index is 179. The number of hydrogen-bond acceptors (Lipinski definition) is 2. The summed E-state index contributed by atoms with van der Waals surface area (Å²) in [6.45, 7) is 0.628. The minimum absolute atomic E-state index is 0.628. The molecule has 1 heterocycles. The van der Waals surface area contributed by atoms with Gasteiger partial charge in [0.25, 0.3) is 0 Å². The highest BCUT2D eigenvalue weighted by Gasteiger charge is 1.81. The summed E-state index contributed by atoms with van der Waals surface area (Å²) in [7, 11) is 0. The lowest BCUT2D eigenvalue weighted by molar-refractivity contribution is 0.468. The van der Waals surface area contributed by atoms with E-state index in [-0.39, 0.29) is 0 Å². The van der Waals surface area contributed by atoms with Gasteiger partial charge in [-0.1, -0.05) is 0 Å². The average molecular weight is 124 g/mol. The minimum atomic E-state index is 0.628. The molecule has 0 atom stereocenters. The van der Waals surface area contributed by atoms with E-state index in [2.05, 4.69) is 5.10 Å². The Kier molecular flexibility index (Phi) is 1.90. The average Bonchev–Trinajstić information content (AvgIpc) is 2.34. The number of nitrogens with zero attached hydrogens (tertiary/aromatic N) is 2. The Morgan fingerprint density at radius 1 is 1.67 bits per heavy atom. The van der Waals surface area contributed by atoms with E-state index in [9.17, 15) is 0 Å². The molecule has 0 saturated heterocycles. The van der Waals surface area contributed by atoms with Crippen molar-refractivity contribution in [1.82, 2.24) is 9.78 Å². The van der Waals surface area contributed by atoms with Crippen LogP contribution < -0.4 is 0 Å². The molecular weight excluding hydrogens is 116 g/mol. The molecule has 1 aromatic heterocycles. The quantitative estimate of drug-likeness (QED) is 0.596. The molecule has 3 heteroatoms. The molecule has 1 aromatic rings. The smallest absolute Gasteiger partial charge is 0.0770 e. The summed E-state index contributed by atoms with van der Waals surface area (Å²) in [5.74, 6) is 0. The van der Waals surface area contributed by atoms with E-state index in [1.165, 1.54) is 0 Å². The molecule has 0 aromatic carbocycles. The minimum Gasteiger partial charge on any atom is -0.516 e. The Balaban J connectivity index is 2.48. The number of allylic oxidation sites excluding steroid dienone is 1. The SMILES string of the molecule is OC=CCn1cccn1. The largest absolute Gasteiger partial charge is 0.516 e. The summed E-state index contributed by atoms with van der Waals surface area (Å²) in [6, 6.07) is 1.84. The van der Waals surface area contributed by atoms with E-state index < -0.39 is 0 Å². The van der Waals surface area contributed by atoms with Gasteiger partial charge in [-0.2, -0.15) is 5.10 Å². The summed E-state index contributed by atoms with van der Waals surface area (Å²) in [5, 5.41) is 12.2. The van der Waals surface area contributed by atoms with Crippen molar-refractivity contribution in [3.8, 4) is 0 Å². The van der Waals surface area contributed by atoms with Crippen molar-refractivity contribution in [2.45, 2.75) is 6.54 Å². The van der Waals surface area contributed by atoms with Gasteiger partial charge >= 0.3 is 0 Å². The van der Waals surface area contributed by atoms with Crippen LogP contribution in [0.25, 0.3) is 0 Å². The van der Waals surface area contributed by atoms with Crippen LogP contribution in [0.3, 0.4) is 0 Å². The van der Waals surface area contributed by atoms with Crippen LogP contribution in [-0.2, 0) is 6.54 Å². The number of aliphatic hydroxyl groups excluding tert-OH is 1. The fourth-order valence-electron chi connectivity index (χ4n) is 0.564. The van der Waals surface area contributed by atoms with Crippen molar-refractivity contribution in [2.24, 2.45) is 0 Å². The molecule has 3 nitrogen and oxygen atoms in total. The first-order valence-electron chi connectivity index (χ1n) is 2.70. The van der Waals surface area contributed by atoms with Crippen molar-refractivity contribution in [3.63, 3.8) is 0 Å². The first-order valence-corrected chi connectivity index (χ1v) is 2.70. The third-order valence-electron chi connectivity index (χ3n) is 0.957. The van der Waals surface area contributed by atoms with Crippen molar-refractivity contribution in [1.29, 1.82) is 0 Å². The van der Waals surface area contributed by atoms with Crippen LogP contribution in [0.5, 0.6) is 0 Å². The molecular formula is C6H8N2O. The summed E-state index contributed by atoms with van der Waals surface area (Å²) in [6.07, 6.45) is 6.17. The Hall–Kier alpha value is -1.25. The van der Waals surface area contributed by atoms with E-state index in [0.29, 0.717) is 6.54 Å². The van der Waals surface area contributed by atoms with E-state index in [4.69, 9.17) is 5.11 Å². The molecule has 0 aliphatic rings. The zero-order valence-corrected chi connectivity index (χ0v) is 4.94. The van der Waals surface area contributed by atoms with E-state index in [1.807, 2.05) is 12.3 Å². The highest BCUT2D eigenvalue weighted by atomic mass is 16.2. The van der Waals surface area contributed by atoms with Gasteiger partial charge in [-0.25, -0.2) is 0 Å². The van der Waals surface area contributed by atoms with Crippen LogP contribution in [0.1, 0.15) is 0 Å². The summed E-state index contributed by atoms with van der Waals surface area (Å²) in [4.78, 5) is 0. The van der Waals surface area contributed by atoms with Gasteiger partial charge in [-0.05, 0) is 12.1 Å². The van der Waals surface area contributed by atoms with Crippen LogP contribution in [-0.4, -0.2) is 14.9 Å². The molecule has 0 spiro atoms. The van der Waals surface area contributed by atoms with Crippen LogP contribution in [0.15, 0.2) is 30.8 Å². The first kappa shape index (κ1) is 5.88. The standard InChI is InChI=1S/C6H8N2O/c9-6-2-5-8-4-1-3-7-8/h1-4,6,9H,5H2. The number of rotatable bonds is 2. The van der Waals surface area contributed by atoms with E-state index in [1.54, 1.807) is 17.0 Å². The van der Waals surface area contributed by atoms with Crippen molar-refractivity contribution < 1.29 is 5.11 Å². The monoisotopic (exact) mass is 124 g/mol. The molecule has 48 valence electrons. The van der Waals surface area contributed by atoms with Gasteiger partial charge in [0.2, 0.25) is 0 Å². The predicted molar refractivity (Wildman–Crippen MR) is 34.0 cm³/mol. The molecule has 0 unspecified atom stereocenters. The fraction of sp³-hybridized carbons (Fsp3) is 0.167. The number of hydrogen-bond donors (Lipinski definition) is 1. The fourth-order valence-corrected chi connectivity index (χ4v) is 0.564. The first-order chi connectivity index (χ1) is 4.43. The number of aliphatic hydroxyl groups is 1. The molecule has 0 radical (unpaired) electrons. The van der Waals surface area contributed by atoms with Crippen LogP contribution in [0, 0.1) is 0 Å². The Labute approximate surface area is 53.2 Å². The number of aromatic nitrogens is 2. The Morgan fingerprint density at radius 2 is 2.56 bits per heavy atom. The van der Waals surface area contributed by atoms with Crippen molar-refractivity contribution in [2.75, 3.05) is 0 Å². The molecule has 0 fully saturated rings. The maximum absolute atomic E-state index is 8.24. The second kappa shape index (κ2) is 2.91. The van der Waals surface area contributed by atoms with Gasteiger partial charge in [-0.15, -0.1) is 0 Å². The van der Waals surface area contributed by atoms with E-state index >= 15 is 0 Å². The van der Waals surface area contributed by atoms with Crippen molar-refractivity contribution >= 4 is 0 Å². The molecule has 0 saturated carbocycles. The van der Waals surface area contributed by atoms with Crippen LogP contribution in [0.4, 0.5) is 0 Å². The van der Waals surface area contributed by atoms with Crippen LogP contribution >= 0.6 is 0 Å². The highest BCUT2D eigenvalue weighted by Crippen LogP contribution is 1.83. The van der Waals surface area contributed by atoms with Gasteiger partial charge in [-0.3, -0.25) is 4.68 Å². The Morgan fingerprint density at radius 3 is 3.11 bits per heavy atom. The molecule has 9 heavy (non-hydrogen) atoms. The zero-order chi connectivity index (χ0) is 6.53. The normalized spacial score (nSPS) is 10.7. The predicted octanol–water partition coefficient (Wildman–Crippen LogP) is 0.955. The van der Waals surface area contributed by atoms with Crippen LogP contribution in [0.2, 0.25) is 0 Å². The van der Waals surface area contributed by atoms with Gasteiger partial charge in [0.05, 0.1) is 12.8 Å². The third kappa shape index (κ3) is 1.60. The summed E-state index contributed by atoms with van der Waals surface area (Å²) >= 11 is 0. The molecule has 0 bridgehead atoms. The maximum atomic E-state index is 8.24. The third-order valence-corrected chi connectivity index (χ3v) is 0.957. The lowest BCUT2D eigenvalue weighted by atomic mass is 10.6. The topological polar surface area (TPSA) is 38.0 Å².